The fourth-order valence-corrected chi connectivity index (χ4v) is 4.76. The van der Waals surface area contributed by atoms with Gasteiger partial charge < -0.3 is 15.0 Å². The summed E-state index contributed by atoms with van der Waals surface area (Å²) in [5, 5.41) is 3.08. The number of piperazine rings is 1. The number of carbonyl (C=O) groups is 1. The van der Waals surface area contributed by atoms with E-state index in [1.54, 1.807) is 14.0 Å². The van der Waals surface area contributed by atoms with E-state index in [1.165, 1.54) is 25.8 Å². The molecule has 2 fully saturated rings. The van der Waals surface area contributed by atoms with E-state index in [1.807, 2.05) is 0 Å². The van der Waals surface area contributed by atoms with Crippen LogP contribution < -0.4 is 10.2 Å². The van der Waals surface area contributed by atoms with Crippen molar-refractivity contribution in [3.05, 3.63) is 17.6 Å². The Morgan fingerprint density at radius 2 is 1.81 bits per heavy atom. The van der Waals surface area contributed by atoms with Crippen LogP contribution in [-0.2, 0) is 21.4 Å². The van der Waals surface area contributed by atoms with Gasteiger partial charge in [0.05, 0.1) is 6.61 Å². The average molecular weight is 446 g/mol. The molecule has 1 aliphatic heterocycles. The Kier molecular flexibility index (Phi) is 8.88. The largest absolute Gasteiger partial charge is 0.384 e. The van der Waals surface area contributed by atoms with Crippen molar-refractivity contribution in [3.63, 3.8) is 0 Å². The van der Waals surface area contributed by atoms with Gasteiger partial charge in [0.25, 0.3) is 0 Å². The Morgan fingerprint density at radius 3 is 2.41 bits per heavy atom. The van der Waals surface area contributed by atoms with Crippen molar-refractivity contribution < 1.29 is 9.53 Å². The highest BCUT2D eigenvalue weighted by molar-refractivity contribution is 5.73. The fourth-order valence-electron chi connectivity index (χ4n) is 4.76. The number of nitrogens with zero attached hydrogens (tertiary/aromatic N) is 4. The molecule has 0 aromatic carbocycles. The van der Waals surface area contributed by atoms with E-state index < -0.39 is 0 Å². The Bertz CT molecular complexity index is 732. The molecule has 1 amide bonds. The molecular weight excluding hydrogens is 402 g/mol. The maximum atomic E-state index is 11.3. The van der Waals surface area contributed by atoms with E-state index in [4.69, 9.17) is 14.7 Å². The summed E-state index contributed by atoms with van der Waals surface area (Å²) in [6.45, 7) is 14.2. The topological polar surface area (TPSA) is 70.6 Å². The minimum Gasteiger partial charge on any atom is -0.384 e. The summed E-state index contributed by atoms with van der Waals surface area (Å²) < 4.78 is 5.27. The lowest BCUT2D eigenvalue weighted by atomic mass is 9.84. The average Bonchev–Trinajstić information content (AvgIpc) is 2.76. The van der Waals surface area contributed by atoms with Crippen LogP contribution in [0.1, 0.15) is 71.3 Å². The van der Waals surface area contributed by atoms with Crippen LogP contribution in [0.25, 0.3) is 0 Å². The first-order valence-electron chi connectivity index (χ1n) is 12.4. The predicted molar refractivity (Wildman–Crippen MR) is 129 cm³/mol. The third-order valence-corrected chi connectivity index (χ3v) is 6.80. The Morgan fingerprint density at radius 1 is 1.12 bits per heavy atom. The molecule has 0 spiro atoms. The van der Waals surface area contributed by atoms with Gasteiger partial charge in [-0.3, -0.25) is 9.69 Å². The first-order valence-corrected chi connectivity index (χ1v) is 12.4. The summed E-state index contributed by atoms with van der Waals surface area (Å²) in [4.78, 5) is 26.0. The third kappa shape index (κ3) is 7.41. The molecule has 1 saturated heterocycles. The van der Waals surface area contributed by atoms with Crippen molar-refractivity contribution in [2.75, 3.05) is 51.3 Å². The molecule has 1 aromatic rings. The number of anilines is 1. The summed E-state index contributed by atoms with van der Waals surface area (Å²) in [5.41, 5.74) is 0.998. The summed E-state index contributed by atoms with van der Waals surface area (Å²) in [6.07, 6.45) is 6.84. The zero-order valence-electron chi connectivity index (χ0n) is 20.8. The van der Waals surface area contributed by atoms with Gasteiger partial charge in [-0.1, -0.05) is 20.8 Å². The van der Waals surface area contributed by atoms with Crippen molar-refractivity contribution in [3.8, 4) is 0 Å². The second-order valence-electron chi connectivity index (χ2n) is 10.6. The molecule has 7 nitrogen and oxygen atoms in total. The molecule has 2 aliphatic rings. The molecule has 1 aliphatic carbocycles. The molecule has 1 aromatic heterocycles. The molecule has 32 heavy (non-hydrogen) atoms. The van der Waals surface area contributed by atoms with E-state index in [9.17, 15) is 4.79 Å². The van der Waals surface area contributed by atoms with Gasteiger partial charge in [-0.2, -0.15) is 0 Å². The molecule has 1 saturated carbocycles. The van der Waals surface area contributed by atoms with E-state index in [0.29, 0.717) is 12.6 Å². The molecular formula is C25H43N5O2. The lowest BCUT2D eigenvalue weighted by Crippen LogP contribution is -2.47. The maximum Gasteiger partial charge on any atom is 0.217 e. The zero-order valence-corrected chi connectivity index (χ0v) is 20.8. The molecule has 0 atom stereocenters. The van der Waals surface area contributed by atoms with Crippen LogP contribution in [0.4, 0.5) is 5.82 Å². The number of aromatic nitrogens is 2. The Labute approximate surface area is 194 Å². The Hall–Kier alpha value is -1.73. The number of nitrogens with one attached hydrogen (secondary N) is 1. The molecule has 3 rings (SSSR count). The first-order chi connectivity index (χ1) is 15.2. The number of methoxy groups -OCH3 is 1. The first kappa shape index (κ1) is 24.9. The zero-order chi connectivity index (χ0) is 23.1. The van der Waals surface area contributed by atoms with Crippen LogP contribution >= 0.6 is 0 Å². The third-order valence-electron chi connectivity index (χ3n) is 6.80. The van der Waals surface area contributed by atoms with Gasteiger partial charge in [0.1, 0.15) is 11.6 Å². The monoisotopic (exact) mass is 445 g/mol. The van der Waals surface area contributed by atoms with E-state index in [0.717, 1.165) is 68.7 Å². The standard InChI is InChI=1S/C25H43N5O2/c1-19(31)26-21-8-6-20(7-9-21)10-12-29-13-15-30(16-14-29)23-18-22(11-17-32-5)27-24(28-23)25(2,3)4/h18,20-21H,6-17H2,1-5H3,(H,26,31)/t20-,21-. The predicted octanol–water partition coefficient (Wildman–Crippen LogP) is 3.17. The minimum atomic E-state index is -0.0708. The van der Waals surface area contributed by atoms with Crippen molar-refractivity contribution in [1.29, 1.82) is 0 Å². The van der Waals surface area contributed by atoms with Crippen LogP contribution in [0.15, 0.2) is 6.07 Å². The van der Waals surface area contributed by atoms with Gasteiger partial charge >= 0.3 is 0 Å². The van der Waals surface area contributed by atoms with Gasteiger partial charge in [-0.05, 0) is 44.6 Å². The normalized spacial score (nSPS) is 22.7. The van der Waals surface area contributed by atoms with Crippen molar-refractivity contribution >= 4 is 11.7 Å². The van der Waals surface area contributed by atoms with Crippen LogP contribution in [0, 0.1) is 5.92 Å². The van der Waals surface area contributed by atoms with Crippen molar-refractivity contribution in [1.82, 2.24) is 20.2 Å². The maximum absolute atomic E-state index is 11.3. The number of rotatable bonds is 8. The van der Waals surface area contributed by atoms with Crippen molar-refractivity contribution in [2.45, 2.75) is 77.7 Å². The fraction of sp³-hybridized carbons (Fsp3) is 0.800. The summed E-state index contributed by atoms with van der Waals surface area (Å²) in [7, 11) is 1.74. The molecule has 2 heterocycles. The molecule has 0 radical (unpaired) electrons. The summed E-state index contributed by atoms with van der Waals surface area (Å²) in [5.74, 6) is 2.89. The lowest BCUT2D eigenvalue weighted by Gasteiger charge is -2.37. The van der Waals surface area contributed by atoms with E-state index in [2.05, 4.69) is 42.0 Å². The number of hydrogen-bond acceptors (Lipinski definition) is 6. The number of amides is 1. The minimum absolute atomic E-state index is 0.0708. The highest BCUT2D eigenvalue weighted by Gasteiger charge is 2.25. The summed E-state index contributed by atoms with van der Waals surface area (Å²) >= 11 is 0. The summed E-state index contributed by atoms with van der Waals surface area (Å²) in [6, 6.07) is 2.55. The van der Waals surface area contributed by atoms with Gasteiger partial charge in [-0.25, -0.2) is 9.97 Å². The van der Waals surface area contributed by atoms with Crippen molar-refractivity contribution in [2.24, 2.45) is 5.92 Å². The van der Waals surface area contributed by atoms with E-state index in [-0.39, 0.29) is 11.3 Å². The van der Waals surface area contributed by atoms with Crippen LogP contribution in [0.5, 0.6) is 0 Å². The Balaban J connectivity index is 1.48. The van der Waals surface area contributed by atoms with Crippen LogP contribution in [0.2, 0.25) is 0 Å². The molecule has 180 valence electrons. The van der Waals surface area contributed by atoms with Gasteiger partial charge in [0.15, 0.2) is 0 Å². The van der Waals surface area contributed by atoms with Crippen LogP contribution in [-0.4, -0.2) is 73.3 Å². The van der Waals surface area contributed by atoms with Gasteiger partial charge in [-0.15, -0.1) is 0 Å². The highest BCUT2D eigenvalue weighted by atomic mass is 16.5. The second kappa shape index (κ2) is 11.4. The van der Waals surface area contributed by atoms with Gasteiger partial charge in [0, 0.05) is 69.9 Å². The lowest BCUT2D eigenvalue weighted by molar-refractivity contribution is -0.119. The number of ether oxygens (including phenoxy) is 1. The van der Waals surface area contributed by atoms with Crippen LogP contribution in [0.3, 0.4) is 0 Å². The second-order valence-corrected chi connectivity index (χ2v) is 10.6. The number of hydrogen-bond donors (Lipinski definition) is 1. The molecule has 7 heteroatoms. The SMILES string of the molecule is COCCc1cc(N2CCN(CC[C@H]3CC[C@H](NC(C)=O)CC3)CC2)nc(C(C)(C)C)n1. The molecule has 0 unspecified atom stereocenters. The number of carbonyl (C=O) groups excluding carboxylic acids is 1. The highest BCUT2D eigenvalue weighted by Crippen LogP contribution is 2.28. The van der Waals surface area contributed by atoms with Gasteiger partial charge in [0.2, 0.25) is 5.91 Å². The quantitative estimate of drug-likeness (QED) is 0.663. The van der Waals surface area contributed by atoms with E-state index >= 15 is 0 Å². The smallest absolute Gasteiger partial charge is 0.217 e. The molecule has 1 N–H and O–H groups in total. The molecule has 0 bridgehead atoms.